The first kappa shape index (κ1) is 20.3. The van der Waals surface area contributed by atoms with Gasteiger partial charge in [-0.15, -0.1) is 0 Å². The van der Waals surface area contributed by atoms with Gasteiger partial charge in [0.15, 0.2) is 0 Å². The number of methoxy groups -OCH3 is 1. The van der Waals surface area contributed by atoms with Crippen LogP contribution in [0.3, 0.4) is 0 Å². The van der Waals surface area contributed by atoms with Crippen LogP contribution in [0.15, 0.2) is 54.6 Å². The summed E-state index contributed by atoms with van der Waals surface area (Å²) in [6.45, 7) is 4.57. The third kappa shape index (κ3) is 5.78. The fraction of sp³-hybridized carbons (Fsp3) is 0.261. The molecule has 29 heavy (non-hydrogen) atoms. The second-order valence-corrected chi connectivity index (χ2v) is 6.72. The Morgan fingerprint density at radius 1 is 1.00 bits per heavy atom. The highest BCUT2D eigenvalue weighted by Crippen LogP contribution is 2.14. The van der Waals surface area contributed by atoms with Crippen LogP contribution < -0.4 is 15.4 Å². The number of ether oxygens (including phenoxy) is 1. The smallest absolute Gasteiger partial charge is 0.274 e. The molecule has 3 aromatic rings. The monoisotopic (exact) mass is 390 g/mol. The van der Waals surface area contributed by atoms with Crippen LogP contribution in [-0.2, 0) is 12.8 Å². The number of hydrogen-bond acceptors (Lipinski definition) is 5. The molecule has 3 rings (SSSR count). The van der Waals surface area contributed by atoms with Gasteiger partial charge in [-0.25, -0.2) is 9.97 Å². The average Bonchev–Trinajstić information content (AvgIpc) is 2.74. The average molecular weight is 390 g/mol. The van der Waals surface area contributed by atoms with Crippen molar-refractivity contribution in [3.05, 3.63) is 77.2 Å². The van der Waals surface area contributed by atoms with Gasteiger partial charge in [0, 0.05) is 18.3 Å². The molecule has 6 nitrogen and oxygen atoms in total. The van der Waals surface area contributed by atoms with Crippen LogP contribution in [0.2, 0.25) is 0 Å². The summed E-state index contributed by atoms with van der Waals surface area (Å²) in [5.74, 6) is 1.77. The number of rotatable bonds is 8. The molecule has 1 amide bonds. The lowest BCUT2D eigenvalue weighted by Gasteiger charge is -2.10. The van der Waals surface area contributed by atoms with Crippen molar-refractivity contribution in [2.45, 2.75) is 26.7 Å². The van der Waals surface area contributed by atoms with E-state index in [4.69, 9.17) is 4.74 Å². The largest absolute Gasteiger partial charge is 0.497 e. The van der Waals surface area contributed by atoms with E-state index in [1.54, 1.807) is 20.1 Å². The van der Waals surface area contributed by atoms with E-state index in [2.05, 4.69) is 27.5 Å². The van der Waals surface area contributed by atoms with Gasteiger partial charge in [0.25, 0.3) is 5.91 Å². The number of benzene rings is 2. The molecule has 0 fully saturated rings. The van der Waals surface area contributed by atoms with Gasteiger partial charge in [0.1, 0.15) is 23.1 Å². The normalized spacial score (nSPS) is 10.4. The van der Waals surface area contributed by atoms with E-state index in [-0.39, 0.29) is 5.91 Å². The summed E-state index contributed by atoms with van der Waals surface area (Å²) >= 11 is 0. The molecular weight excluding hydrogens is 364 g/mol. The predicted molar refractivity (Wildman–Crippen MR) is 116 cm³/mol. The van der Waals surface area contributed by atoms with E-state index in [9.17, 15) is 4.79 Å². The number of aryl methyl sites for hydroxylation is 2. The summed E-state index contributed by atoms with van der Waals surface area (Å²) < 4.78 is 5.18. The molecule has 0 saturated heterocycles. The van der Waals surface area contributed by atoms with E-state index in [1.165, 1.54) is 11.1 Å². The van der Waals surface area contributed by atoms with Crippen LogP contribution in [0.4, 0.5) is 11.5 Å². The summed E-state index contributed by atoms with van der Waals surface area (Å²) in [7, 11) is 1.65. The van der Waals surface area contributed by atoms with Gasteiger partial charge < -0.3 is 15.4 Å². The highest BCUT2D eigenvalue weighted by atomic mass is 16.5. The van der Waals surface area contributed by atoms with Gasteiger partial charge in [-0.05, 0) is 55.2 Å². The van der Waals surface area contributed by atoms with Gasteiger partial charge in [-0.1, -0.05) is 31.2 Å². The number of nitrogens with zero attached hydrogens (tertiary/aromatic N) is 2. The van der Waals surface area contributed by atoms with Crippen LogP contribution in [0.1, 0.15) is 34.4 Å². The van der Waals surface area contributed by atoms with Crippen molar-refractivity contribution in [1.82, 2.24) is 9.97 Å². The van der Waals surface area contributed by atoms with Gasteiger partial charge in [0.05, 0.1) is 7.11 Å². The summed E-state index contributed by atoms with van der Waals surface area (Å²) in [5, 5.41) is 6.16. The van der Waals surface area contributed by atoms with Crippen molar-refractivity contribution >= 4 is 17.4 Å². The molecule has 0 saturated carbocycles. The second kappa shape index (κ2) is 9.68. The lowest BCUT2D eigenvalue weighted by molar-refractivity contribution is 0.102. The lowest BCUT2D eigenvalue weighted by atomic mass is 10.1. The molecule has 2 aromatic carbocycles. The minimum Gasteiger partial charge on any atom is -0.497 e. The zero-order valence-electron chi connectivity index (χ0n) is 17.0. The molecule has 0 aliphatic heterocycles. The third-order valence-corrected chi connectivity index (χ3v) is 4.57. The van der Waals surface area contributed by atoms with Crippen molar-refractivity contribution in [3.8, 4) is 5.75 Å². The second-order valence-electron chi connectivity index (χ2n) is 6.72. The van der Waals surface area contributed by atoms with Crippen molar-refractivity contribution in [1.29, 1.82) is 0 Å². The fourth-order valence-electron chi connectivity index (χ4n) is 2.92. The van der Waals surface area contributed by atoms with E-state index in [0.717, 1.165) is 24.3 Å². The molecule has 1 aromatic heterocycles. The van der Waals surface area contributed by atoms with Crippen LogP contribution in [0, 0.1) is 6.92 Å². The Balaban J connectivity index is 1.61. The minimum atomic E-state index is -0.252. The predicted octanol–water partition coefficient (Wildman–Crippen LogP) is 4.26. The molecule has 6 heteroatoms. The maximum absolute atomic E-state index is 12.6. The molecule has 0 unspecified atom stereocenters. The number of aromatic nitrogens is 2. The Hall–Kier alpha value is -3.41. The van der Waals surface area contributed by atoms with E-state index >= 15 is 0 Å². The number of carbonyl (C=O) groups is 1. The van der Waals surface area contributed by atoms with Crippen LogP contribution >= 0.6 is 0 Å². The first-order valence-corrected chi connectivity index (χ1v) is 9.70. The molecule has 0 atom stereocenters. The highest BCUT2D eigenvalue weighted by molar-refractivity contribution is 6.03. The number of amides is 1. The van der Waals surface area contributed by atoms with E-state index < -0.39 is 0 Å². The highest BCUT2D eigenvalue weighted by Gasteiger charge is 2.11. The molecule has 0 bridgehead atoms. The summed E-state index contributed by atoms with van der Waals surface area (Å²) in [6.07, 6.45) is 1.79. The van der Waals surface area contributed by atoms with Crippen LogP contribution in [0.5, 0.6) is 5.75 Å². The zero-order chi connectivity index (χ0) is 20.6. The molecule has 0 radical (unpaired) electrons. The Morgan fingerprint density at radius 3 is 2.34 bits per heavy atom. The van der Waals surface area contributed by atoms with Crippen LogP contribution in [-0.4, -0.2) is 29.5 Å². The first-order chi connectivity index (χ1) is 14.1. The number of carbonyl (C=O) groups excluding carboxylic acids is 1. The number of hydrogen-bond donors (Lipinski definition) is 2. The third-order valence-electron chi connectivity index (χ3n) is 4.57. The lowest BCUT2D eigenvalue weighted by Crippen LogP contribution is -2.16. The summed E-state index contributed by atoms with van der Waals surface area (Å²) in [5.41, 5.74) is 3.50. The van der Waals surface area contributed by atoms with Crippen molar-refractivity contribution < 1.29 is 9.53 Å². The molecule has 1 heterocycles. The summed E-state index contributed by atoms with van der Waals surface area (Å²) in [6, 6.07) is 17.5. The van der Waals surface area contributed by atoms with Crippen molar-refractivity contribution in [2.24, 2.45) is 0 Å². The topological polar surface area (TPSA) is 76.1 Å². The molecule has 0 aliphatic carbocycles. The fourth-order valence-corrected chi connectivity index (χ4v) is 2.92. The molecule has 0 aliphatic rings. The van der Waals surface area contributed by atoms with Gasteiger partial charge >= 0.3 is 0 Å². The SMILES string of the molecule is CCc1ccc(NC(=O)c2cc(NCCc3ccc(OC)cc3)nc(C)n2)cc1. The number of anilines is 2. The minimum absolute atomic E-state index is 0.252. The van der Waals surface area contributed by atoms with E-state index in [1.807, 2.05) is 48.5 Å². The Morgan fingerprint density at radius 2 is 1.69 bits per heavy atom. The van der Waals surface area contributed by atoms with Crippen molar-refractivity contribution in [2.75, 3.05) is 24.3 Å². The summed E-state index contributed by atoms with van der Waals surface area (Å²) in [4.78, 5) is 21.2. The number of nitrogens with one attached hydrogen (secondary N) is 2. The Labute approximate surface area is 171 Å². The Bertz CT molecular complexity index is 954. The quantitative estimate of drug-likeness (QED) is 0.601. The maximum Gasteiger partial charge on any atom is 0.274 e. The molecule has 150 valence electrons. The van der Waals surface area contributed by atoms with Gasteiger partial charge in [-0.3, -0.25) is 4.79 Å². The molecule has 0 spiro atoms. The standard InChI is InChI=1S/C23H26N4O2/c1-4-17-5-9-19(10-6-17)27-23(28)21-15-22(26-16(2)25-21)24-14-13-18-7-11-20(29-3)12-8-18/h5-12,15H,4,13-14H2,1-3H3,(H,27,28)(H,24,25,26). The molecule has 2 N–H and O–H groups in total. The first-order valence-electron chi connectivity index (χ1n) is 9.70. The van der Waals surface area contributed by atoms with E-state index in [0.29, 0.717) is 23.9 Å². The van der Waals surface area contributed by atoms with Gasteiger partial charge in [-0.2, -0.15) is 0 Å². The van der Waals surface area contributed by atoms with Gasteiger partial charge in [0.2, 0.25) is 0 Å². The van der Waals surface area contributed by atoms with Crippen molar-refractivity contribution in [3.63, 3.8) is 0 Å². The van der Waals surface area contributed by atoms with Crippen LogP contribution in [0.25, 0.3) is 0 Å². The zero-order valence-corrected chi connectivity index (χ0v) is 17.0. The maximum atomic E-state index is 12.6. The Kier molecular flexibility index (Phi) is 6.79. The molecular formula is C23H26N4O2.